The number of aromatic nitrogens is 6. The van der Waals surface area contributed by atoms with E-state index < -0.39 is 82.4 Å². The zero-order valence-electron chi connectivity index (χ0n) is 22.7. The highest BCUT2D eigenvalue weighted by atomic mass is 32.5. The van der Waals surface area contributed by atoms with Crippen molar-refractivity contribution in [1.29, 1.82) is 0 Å². The van der Waals surface area contributed by atoms with Gasteiger partial charge in [0, 0.05) is 12.4 Å². The van der Waals surface area contributed by atoms with E-state index in [4.69, 9.17) is 50.8 Å². The van der Waals surface area contributed by atoms with E-state index in [0.29, 0.717) is 11.0 Å². The van der Waals surface area contributed by atoms with Crippen LogP contribution in [0.15, 0.2) is 35.6 Å². The van der Waals surface area contributed by atoms with Crippen molar-refractivity contribution in [3.8, 4) is 0 Å². The first-order valence-electron chi connectivity index (χ1n) is 13.2. The molecule has 0 saturated carbocycles. The van der Waals surface area contributed by atoms with Gasteiger partial charge in [-0.1, -0.05) is 0 Å². The Bertz CT molecular complexity index is 1940. The summed E-state index contributed by atoms with van der Waals surface area (Å²) in [5.41, 5.74) is 11.4. The zero-order chi connectivity index (χ0) is 31.8. The predicted molar refractivity (Wildman–Crippen MR) is 155 cm³/mol. The van der Waals surface area contributed by atoms with Crippen molar-refractivity contribution in [3.05, 3.63) is 41.2 Å². The predicted octanol–water partition coefficient (Wildman–Crippen LogP) is -1.02. The fourth-order valence-electron chi connectivity index (χ4n) is 5.57. The lowest BCUT2D eigenvalue weighted by Gasteiger charge is -2.27. The second-order valence-electron chi connectivity index (χ2n) is 10.4. The lowest BCUT2D eigenvalue weighted by atomic mass is 10.1. The second-order valence-corrected chi connectivity index (χ2v) is 14.6. The molecule has 0 spiro atoms. The van der Waals surface area contributed by atoms with Crippen molar-refractivity contribution < 1.29 is 52.1 Å². The summed E-state index contributed by atoms with van der Waals surface area (Å²) in [6.07, 6.45) is -7.21. The van der Waals surface area contributed by atoms with Gasteiger partial charge >= 0.3 is 14.5 Å². The average Bonchev–Trinajstić information content (AvgIpc) is 3.72. The normalized spacial score (nSPS) is 37.7. The smallest absolute Gasteiger partial charge is 0.387 e. The Labute approximate surface area is 256 Å². The molecule has 3 fully saturated rings. The molecule has 9 N–H and O–H groups in total. The van der Waals surface area contributed by atoms with Gasteiger partial charge in [0.05, 0.1) is 24.0 Å². The molecule has 45 heavy (non-hydrogen) atoms. The van der Waals surface area contributed by atoms with Crippen LogP contribution < -0.4 is 17.0 Å². The van der Waals surface area contributed by atoms with Gasteiger partial charge in [-0.05, 0) is 23.9 Å². The van der Waals surface area contributed by atoms with Gasteiger partial charge in [-0.15, -0.1) is 0 Å². The van der Waals surface area contributed by atoms with E-state index in [9.17, 15) is 29.4 Å². The van der Waals surface area contributed by atoms with Crippen molar-refractivity contribution in [2.45, 2.75) is 49.1 Å². The minimum atomic E-state index is -4.98. The zero-order valence-corrected chi connectivity index (χ0v) is 25.3. The molecule has 23 heteroatoms. The van der Waals surface area contributed by atoms with Gasteiger partial charge in [-0.2, -0.15) is 4.98 Å². The van der Waals surface area contributed by atoms with Crippen LogP contribution in [0, 0.1) is 0 Å². The van der Waals surface area contributed by atoms with Crippen LogP contribution in [-0.4, -0.2) is 98.9 Å². The first-order chi connectivity index (χ1) is 21.3. The van der Waals surface area contributed by atoms with E-state index in [0.717, 1.165) is 0 Å². The number of hydrogen-bond acceptors (Lipinski definition) is 16. The fraction of sp³-hybridized carbons (Fsp3) is 0.455. The summed E-state index contributed by atoms with van der Waals surface area (Å²) in [6, 6.07) is 3.02. The number of anilines is 2. The van der Waals surface area contributed by atoms with Crippen molar-refractivity contribution in [2.24, 2.45) is 0 Å². The van der Waals surface area contributed by atoms with E-state index >= 15 is 0 Å². The number of nitrogens with two attached hydrogens (primary N) is 2. The number of hydrogen-bond donors (Lipinski definition) is 7. The monoisotopic (exact) mass is 688 g/mol. The SMILES string of the molecule is Nc1nc2c(ccn2[C@@H]2O[C@@H]3COP(=O)(O)O[C@@H]4C(O)[C@H](n5ccc6c(N)ncnc65)O[C@@H]4COP(O)(=S)O[C@H]2C3O)c(=O)[nH]1. The Morgan fingerprint density at radius 2 is 1.60 bits per heavy atom. The lowest BCUT2D eigenvalue weighted by molar-refractivity contribution is -0.0634. The molecule has 0 aliphatic carbocycles. The molecule has 7 rings (SSSR count). The number of phosphoric acid groups is 1. The highest BCUT2D eigenvalue weighted by molar-refractivity contribution is 8.07. The van der Waals surface area contributed by atoms with Gasteiger partial charge < -0.3 is 54.6 Å². The first-order valence-corrected chi connectivity index (χ1v) is 17.3. The minimum absolute atomic E-state index is 0.0554. The molecule has 3 aliphatic heterocycles. The Balaban J connectivity index is 1.21. The molecule has 4 aromatic heterocycles. The number of aliphatic hydroxyl groups excluding tert-OH is 2. The first kappa shape index (κ1) is 30.8. The van der Waals surface area contributed by atoms with Gasteiger partial charge in [-0.25, -0.2) is 14.5 Å². The van der Waals surface area contributed by atoms with E-state index in [1.807, 2.05) is 0 Å². The van der Waals surface area contributed by atoms with Crippen LogP contribution in [0.4, 0.5) is 11.8 Å². The molecule has 0 aromatic carbocycles. The van der Waals surface area contributed by atoms with E-state index in [1.165, 1.54) is 33.9 Å². The van der Waals surface area contributed by atoms with Gasteiger partial charge in [0.15, 0.2) is 18.1 Å². The third kappa shape index (κ3) is 5.48. The number of ether oxygens (including phenoxy) is 2. The number of fused-ring (bicyclic) bond motifs is 5. The van der Waals surface area contributed by atoms with Crippen LogP contribution in [0.5, 0.6) is 0 Å². The topological polar surface area (TPSA) is 287 Å². The summed E-state index contributed by atoms with van der Waals surface area (Å²) >= 11 is 5.24. The molecule has 3 saturated heterocycles. The molecule has 7 heterocycles. The molecule has 4 aromatic rings. The van der Waals surface area contributed by atoms with Crippen molar-refractivity contribution >= 4 is 60.2 Å². The number of nitrogens with one attached hydrogen (secondary N) is 1. The number of aromatic amines is 1. The van der Waals surface area contributed by atoms with Crippen LogP contribution >= 0.6 is 14.5 Å². The van der Waals surface area contributed by atoms with E-state index in [2.05, 4.69) is 19.9 Å². The standard InChI is InChI=1S/C22H26N8O12P2S/c23-16-8-1-3-29(17(8)26-7-25-16)20-13(32)14-11(40-20)6-38-44(36,45)42-15-12(31)10(5-37-43(34,35)41-14)39-21(15)30-4-2-9-18(30)27-22(24)28-19(9)33/h1-4,7,10-15,20-21,31-32H,5-6H2,(H,34,35)(H,36,45)(H2,23,25,26)(H3,24,27,28,33)/t10-,11-,12?,13?,14+,15+,20-,21-,44?/m1/s1. The Hall–Kier alpha value is -2.88. The molecule has 0 radical (unpaired) electrons. The van der Waals surface area contributed by atoms with Crippen LogP contribution in [-0.2, 0) is 43.9 Å². The van der Waals surface area contributed by atoms with Crippen LogP contribution in [0.2, 0.25) is 0 Å². The number of nitrogens with zero attached hydrogens (tertiary/aromatic N) is 5. The summed E-state index contributed by atoms with van der Waals surface area (Å²) in [6.45, 7) is -5.56. The molecular weight excluding hydrogens is 662 g/mol. The summed E-state index contributed by atoms with van der Waals surface area (Å²) in [4.78, 5) is 48.7. The third-order valence-electron chi connectivity index (χ3n) is 7.62. The maximum atomic E-state index is 13.1. The van der Waals surface area contributed by atoms with Gasteiger partial charge in [0.25, 0.3) is 5.56 Å². The van der Waals surface area contributed by atoms with Crippen molar-refractivity contribution in [3.63, 3.8) is 0 Å². The van der Waals surface area contributed by atoms with Crippen molar-refractivity contribution in [1.82, 2.24) is 29.1 Å². The highest BCUT2D eigenvalue weighted by Gasteiger charge is 2.53. The molecule has 20 nitrogen and oxygen atoms in total. The average molecular weight is 689 g/mol. The van der Waals surface area contributed by atoms with Crippen LogP contribution in [0.1, 0.15) is 12.5 Å². The number of nitrogen functional groups attached to an aromatic ring is 2. The quantitative estimate of drug-likeness (QED) is 0.124. The maximum absolute atomic E-state index is 13.1. The van der Waals surface area contributed by atoms with Crippen LogP contribution in [0.3, 0.4) is 0 Å². The van der Waals surface area contributed by atoms with E-state index in [1.54, 1.807) is 6.07 Å². The second kappa shape index (κ2) is 11.1. The summed E-state index contributed by atoms with van der Waals surface area (Å²) in [7, 11) is -4.98. The number of phosphoric ester groups is 1. The number of rotatable bonds is 2. The van der Waals surface area contributed by atoms with Gasteiger partial charge in [-0.3, -0.25) is 23.3 Å². The largest absolute Gasteiger partial charge is 0.472 e. The van der Waals surface area contributed by atoms with Gasteiger partial charge in [0.2, 0.25) is 5.95 Å². The number of H-pyrrole nitrogens is 1. The van der Waals surface area contributed by atoms with Gasteiger partial charge in [0.1, 0.15) is 54.4 Å². The Morgan fingerprint density at radius 3 is 2.38 bits per heavy atom. The summed E-state index contributed by atoms with van der Waals surface area (Å²) < 4.78 is 49.6. The summed E-state index contributed by atoms with van der Waals surface area (Å²) in [5.74, 6) is -0.0223. The van der Waals surface area contributed by atoms with E-state index in [-0.39, 0.29) is 22.8 Å². The molecule has 0 amide bonds. The lowest BCUT2D eigenvalue weighted by Crippen LogP contribution is -2.36. The molecule has 2 bridgehead atoms. The molecule has 4 unspecified atom stereocenters. The van der Waals surface area contributed by atoms with Crippen molar-refractivity contribution in [2.75, 3.05) is 24.7 Å². The Morgan fingerprint density at radius 1 is 0.911 bits per heavy atom. The fourth-order valence-corrected chi connectivity index (χ4v) is 7.95. The number of aliphatic hydroxyl groups is 2. The van der Waals surface area contributed by atoms with Crippen LogP contribution in [0.25, 0.3) is 22.1 Å². The summed E-state index contributed by atoms with van der Waals surface area (Å²) in [5, 5.41) is 22.9. The maximum Gasteiger partial charge on any atom is 0.472 e. The third-order valence-corrected chi connectivity index (χ3v) is 10.2. The molecular formula is C22H26N8O12P2S. The molecule has 3 aliphatic rings. The molecule has 242 valence electrons. The highest BCUT2D eigenvalue weighted by Crippen LogP contribution is 2.54. The Kier molecular flexibility index (Phi) is 7.61. The minimum Gasteiger partial charge on any atom is -0.387 e. The molecule has 10 atom stereocenters.